The number of carbonyl (C=O) groups is 2. The van der Waals surface area contributed by atoms with Crippen molar-refractivity contribution < 1.29 is 24.2 Å². The molecule has 0 saturated carbocycles. The number of aromatic carboxylic acids is 1. The number of fused-ring (bicyclic) bond motifs is 1. The predicted molar refractivity (Wildman–Crippen MR) is 93.5 cm³/mol. The van der Waals surface area contributed by atoms with E-state index in [1.807, 2.05) is 31.2 Å². The number of carbonyl (C=O) groups excluding carboxylic acids is 1. The monoisotopic (exact) mass is 336 g/mol. The zero-order chi connectivity index (χ0) is 17.8. The molecule has 0 aromatic heterocycles. The maximum Gasteiger partial charge on any atom is 0.343 e. The van der Waals surface area contributed by atoms with Crippen LogP contribution in [-0.2, 0) is 0 Å². The van der Waals surface area contributed by atoms with E-state index in [9.17, 15) is 9.59 Å². The Bertz CT molecular complexity index is 928. The summed E-state index contributed by atoms with van der Waals surface area (Å²) in [6.07, 6.45) is 0. The van der Waals surface area contributed by atoms with E-state index in [1.54, 1.807) is 12.1 Å². The molecule has 0 aliphatic carbocycles. The second kappa shape index (κ2) is 7.05. The van der Waals surface area contributed by atoms with Gasteiger partial charge in [-0.2, -0.15) is 0 Å². The Labute approximate surface area is 144 Å². The third-order valence-electron chi connectivity index (χ3n) is 3.67. The zero-order valence-electron chi connectivity index (χ0n) is 13.6. The van der Waals surface area contributed by atoms with Gasteiger partial charge >= 0.3 is 11.9 Å². The average Bonchev–Trinajstić information content (AvgIpc) is 2.62. The Morgan fingerprint density at radius 1 is 0.840 bits per heavy atom. The minimum atomic E-state index is -1.03. The Hall–Kier alpha value is -3.34. The van der Waals surface area contributed by atoms with Crippen LogP contribution in [0.5, 0.6) is 11.5 Å². The van der Waals surface area contributed by atoms with Gasteiger partial charge in [-0.1, -0.05) is 12.1 Å². The molecular weight excluding hydrogens is 320 g/mol. The van der Waals surface area contributed by atoms with Crippen LogP contribution in [0.1, 0.15) is 27.6 Å². The molecule has 0 atom stereocenters. The Morgan fingerprint density at radius 2 is 1.44 bits per heavy atom. The first-order valence-corrected chi connectivity index (χ1v) is 7.79. The first-order chi connectivity index (χ1) is 12.1. The van der Waals surface area contributed by atoms with Crippen molar-refractivity contribution in [2.45, 2.75) is 6.92 Å². The summed E-state index contributed by atoms with van der Waals surface area (Å²) in [5.41, 5.74) is 0.551. The molecule has 0 fully saturated rings. The van der Waals surface area contributed by atoms with Gasteiger partial charge in [0.25, 0.3) is 0 Å². The van der Waals surface area contributed by atoms with Gasteiger partial charge < -0.3 is 14.6 Å². The summed E-state index contributed by atoms with van der Waals surface area (Å²) in [5, 5.41) is 10.7. The largest absolute Gasteiger partial charge is 0.494 e. The third kappa shape index (κ3) is 3.77. The summed E-state index contributed by atoms with van der Waals surface area (Å²) < 4.78 is 10.8. The highest BCUT2D eigenvalue weighted by atomic mass is 16.5. The molecule has 5 heteroatoms. The average molecular weight is 336 g/mol. The fourth-order valence-corrected chi connectivity index (χ4v) is 2.44. The molecule has 3 aromatic rings. The molecule has 3 aromatic carbocycles. The molecule has 0 bridgehead atoms. The minimum absolute atomic E-state index is 0.135. The van der Waals surface area contributed by atoms with Crippen LogP contribution in [0.4, 0.5) is 0 Å². The van der Waals surface area contributed by atoms with Crippen LogP contribution in [0, 0.1) is 0 Å². The lowest BCUT2D eigenvalue weighted by molar-refractivity contribution is 0.0696. The molecule has 3 rings (SSSR count). The summed E-state index contributed by atoms with van der Waals surface area (Å²) in [5.74, 6) is -0.455. The molecule has 5 nitrogen and oxygen atoms in total. The van der Waals surface area contributed by atoms with Gasteiger partial charge in [0.2, 0.25) is 0 Å². The van der Waals surface area contributed by atoms with Crippen molar-refractivity contribution in [1.29, 1.82) is 0 Å². The Morgan fingerprint density at radius 3 is 2.12 bits per heavy atom. The zero-order valence-corrected chi connectivity index (χ0v) is 13.6. The van der Waals surface area contributed by atoms with Crippen LogP contribution in [-0.4, -0.2) is 23.7 Å². The maximum absolute atomic E-state index is 12.3. The molecule has 0 radical (unpaired) electrons. The van der Waals surface area contributed by atoms with Crippen molar-refractivity contribution in [3.8, 4) is 11.5 Å². The molecule has 126 valence electrons. The van der Waals surface area contributed by atoms with Gasteiger partial charge in [0.15, 0.2) is 0 Å². The second-order valence-corrected chi connectivity index (χ2v) is 5.38. The first kappa shape index (κ1) is 16.5. The lowest BCUT2D eigenvalue weighted by Crippen LogP contribution is -2.08. The summed E-state index contributed by atoms with van der Waals surface area (Å²) in [6, 6.07) is 16.6. The van der Waals surface area contributed by atoms with Crippen LogP contribution >= 0.6 is 0 Å². The number of carboxylic acids is 1. The van der Waals surface area contributed by atoms with Gasteiger partial charge in [-0.25, -0.2) is 9.59 Å². The topological polar surface area (TPSA) is 72.8 Å². The van der Waals surface area contributed by atoms with E-state index in [0.717, 1.165) is 16.5 Å². The van der Waals surface area contributed by atoms with Gasteiger partial charge in [-0.05, 0) is 66.2 Å². The van der Waals surface area contributed by atoms with Crippen LogP contribution < -0.4 is 9.47 Å². The van der Waals surface area contributed by atoms with E-state index in [0.29, 0.717) is 17.9 Å². The van der Waals surface area contributed by atoms with E-state index in [1.165, 1.54) is 24.3 Å². The van der Waals surface area contributed by atoms with Gasteiger partial charge in [-0.3, -0.25) is 0 Å². The lowest BCUT2D eigenvalue weighted by atomic mass is 10.1. The standard InChI is InChI=1S/C20H16O5/c1-2-24-18-10-7-14-11-16(4-3-15(14)12-18)20(23)25-17-8-5-13(6-9-17)19(21)22/h3-12H,2H2,1H3,(H,21,22). The van der Waals surface area contributed by atoms with Crippen molar-refractivity contribution in [3.63, 3.8) is 0 Å². The van der Waals surface area contributed by atoms with Gasteiger partial charge in [-0.15, -0.1) is 0 Å². The molecule has 0 aliphatic heterocycles. The van der Waals surface area contributed by atoms with Crippen molar-refractivity contribution in [3.05, 3.63) is 71.8 Å². The summed E-state index contributed by atoms with van der Waals surface area (Å²) in [7, 11) is 0. The Kier molecular flexibility index (Phi) is 4.66. The highest BCUT2D eigenvalue weighted by Gasteiger charge is 2.11. The number of ether oxygens (including phenoxy) is 2. The van der Waals surface area contributed by atoms with Gasteiger partial charge in [0.1, 0.15) is 11.5 Å². The number of benzene rings is 3. The van der Waals surface area contributed by atoms with Crippen LogP contribution in [0.2, 0.25) is 0 Å². The van der Waals surface area contributed by atoms with Crippen molar-refractivity contribution in [1.82, 2.24) is 0 Å². The van der Waals surface area contributed by atoms with E-state index in [2.05, 4.69) is 0 Å². The van der Waals surface area contributed by atoms with E-state index >= 15 is 0 Å². The highest BCUT2D eigenvalue weighted by molar-refractivity contribution is 5.96. The van der Waals surface area contributed by atoms with Crippen LogP contribution in [0.3, 0.4) is 0 Å². The van der Waals surface area contributed by atoms with E-state index in [-0.39, 0.29) is 5.56 Å². The molecular formula is C20H16O5. The van der Waals surface area contributed by atoms with E-state index < -0.39 is 11.9 Å². The maximum atomic E-state index is 12.3. The summed E-state index contributed by atoms with van der Waals surface area (Å²) >= 11 is 0. The molecule has 0 saturated heterocycles. The molecule has 1 N–H and O–H groups in total. The van der Waals surface area contributed by atoms with Crippen LogP contribution in [0.15, 0.2) is 60.7 Å². The number of carboxylic acid groups (broad SMARTS) is 1. The molecule has 0 amide bonds. The van der Waals surface area contributed by atoms with Gasteiger partial charge in [0.05, 0.1) is 17.7 Å². The fourth-order valence-electron chi connectivity index (χ4n) is 2.44. The first-order valence-electron chi connectivity index (χ1n) is 7.79. The molecule has 0 aliphatic rings. The predicted octanol–water partition coefficient (Wildman–Crippen LogP) is 4.16. The summed E-state index contributed by atoms with van der Waals surface area (Å²) in [6.45, 7) is 2.52. The van der Waals surface area contributed by atoms with Crippen molar-refractivity contribution in [2.75, 3.05) is 6.61 Å². The molecule has 0 spiro atoms. The SMILES string of the molecule is CCOc1ccc2cc(C(=O)Oc3ccc(C(=O)O)cc3)ccc2c1. The van der Waals surface area contributed by atoms with Gasteiger partial charge in [0, 0.05) is 0 Å². The van der Waals surface area contributed by atoms with E-state index in [4.69, 9.17) is 14.6 Å². The smallest absolute Gasteiger partial charge is 0.343 e. The number of hydrogen-bond acceptors (Lipinski definition) is 4. The fraction of sp³-hybridized carbons (Fsp3) is 0.100. The Balaban J connectivity index is 1.79. The number of esters is 1. The van der Waals surface area contributed by atoms with Crippen molar-refractivity contribution in [2.24, 2.45) is 0 Å². The van der Waals surface area contributed by atoms with Crippen molar-refractivity contribution >= 4 is 22.7 Å². The lowest BCUT2D eigenvalue weighted by Gasteiger charge is -2.07. The normalized spacial score (nSPS) is 10.4. The third-order valence-corrected chi connectivity index (χ3v) is 3.67. The molecule has 25 heavy (non-hydrogen) atoms. The minimum Gasteiger partial charge on any atom is -0.494 e. The highest BCUT2D eigenvalue weighted by Crippen LogP contribution is 2.23. The summed E-state index contributed by atoms with van der Waals surface area (Å²) in [4.78, 5) is 23.1. The number of rotatable bonds is 5. The molecule has 0 heterocycles. The quantitative estimate of drug-likeness (QED) is 0.559. The second-order valence-electron chi connectivity index (χ2n) is 5.38. The molecule has 0 unspecified atom stereocenters. The van der Waals surface area contributed by atoms with Crippen LogP contribution in [0.25, 0.3) is 10.8 Å². The number of hydrogen-bond donors (Lipinski definition) is 1.